The van der Waals surface area contributed by atoms with Crippen molar-refractivity contribution >= 4 is 5.96 Å². The van der Waals surface area contributed by atoms with Crippen LogP contribution in [0.1, 0.15) is 11.3 Å². The molecule has 0 amide bonds. The van der Waals surface area contributed by atoms with Crippen LogP contribution < -0.4 is 5.32 Å². The molecule has 0 saturated heterocycles. The molecule has 3 rings (SSSR count). The van der Waals surface area contributed by atoms with Gasteiger partial charge < -0.3 is 14.8 Å². The van der Waals surface area contributed by atoms with Gasteiger partial charge in [0.05, 0.1) is 18.4 Å². The minimum absolute atomic E-state index is 0.736. The third-order valence-electron chi connectivity index (χ3n) is 4.13. The lowest BCUT2D eigenvalue weighted by Gasteiger charge is -2.21. The lowest BCUT2D eigenvalue weighted by molar-refractivity contribution is 0.475. The Labute approximate surface area is 148 Å². The van der Waals surface area contributed by atoms with Gasteiger partial charge in [0.1, 0.15) is 0 Å². The molecule has 3 aromatic rings. The summed E-state index contributed by atoms with van der Waals surface area (Å²) in [6.45, 7) is 1.48. The highest BCUT2D eigenvalue weighted by Crippen LogP contribution is 2.09. The summed E-state index contributed by atoms with van der Waals surface area (Å²) >= 11 is 0. The van der Waals surface area contributed by atoms with Gasteiger partial charge in [-0.1, -0.05) is 18.2 Å². The Morgan fingerprint density at radius 3 is 2.68 bits per heavy atom. The van der Waals surface area contributed by atoms with Crippen molar-refractivity contribution in [2.24, 2.45) is 12.0 Å². The van der Waals surface area contributed by atoms with Crippen LogP contribution in [0.25, 0.3) is 5.69 Å². The molecule has 2 aromatic heterocycles. The summed E-state index contributed by atoms with van der Waals surface area (Å²) < 4.78 is 3.99. The van der Waals surface area contributed by atoms with Crippen molar-refractivity contribution in [1.82, 2.24) is 24.6 Å². The van der Waals surface area contributed by atoms with Crippen molar-refractivity contribution in [2.45, 2.75) is 13.1 Å². The van der Waals surface area contributed by atoms with Gasteiger partial charge in [-0.05, 0) is 24.3 Å². The van der Waals surface area contributed by atoms with E-state index in [0.29, 0.717) is 0 Å². The van der Waals surface area contributed by atoms with Gasteiger partial charge in [-0.3, -0.25) is 4.99 Å². The van der Waals surface area contributed by atoms with Gasteiger partial charge in [-0.15, -0.1) is 0 Å². The molecule has 2 heterocycles. The predicted octanol–water partition coefficient (Wildman–Crippen LogP) is 2.42. The van der Waals surface area contributed by atoms with E-state index in [4.69, 9.17) is 0 Å². The van der Waals surface area contributed by atoms with E-state index >= 15 is 0 Å². The minimum Gasteiger partial charge on any atom is -0.353 e. The summed E-state index contributed by atoms with van der Waals surface area (Å²) in [6.07, 6.45) is 5.99. The number of guanidine groups is 1. The van der Waals surface area contributed by atoms with E-state index in [9.17, 15) is 0 Å². The number of aromatic nitrogens is 3. The molecule has 0 fully saturated rings. The van der Waals surface area contributed by atoms with Crippen LogP contribution >= 0.6 is 0 Å². The van der Waals surface area contributed by atoms with Crippen molar-refractivity contribution in [2.75, 3.05) is 14.1 Å². The summed E-state index contributed by atoms with van der Waals surface area (Å²) in [5.74, 6) is 0.855. The number of hydrogen-bond acceptors (Lipinski definition) is 2. The Balaban J connectivity index is 1.61. The molecular formula is C19H24N6. The maximum Gasteiger partial charge on any atom is 0.194 e. The fraction of sp³-hybridized carbons (Fsp3) is 0.263. The normalized spacial score (nSPS) is 11.6. The Kier molecular flexibility index (Phi) is 5.18. The van der Waals surface area contributed by atoms with Crippen LogP contribution in [0.4, 0.5) is 0 Å². The van der Waals surface area contributed by atoms with E-state index in [1.807, 2.05) is 67.6 Å². The standard InChI is InChI=1S/C19H24N6/c1-20-19(21-13-18-10-7-11-23(18)2)24(3)14-16-12-22-25(15-16)17-8-5-4-6-9-17/h4-12,15H,13-14H2,1-3H3,(H,20,21). The first-order valence-electron chi connectivity index (χ1n) is 8.28. The first-order valence-corrected chi connectivity index (χ1v) is 8.28. The van der Waals surface area contributed by atoms with Gasteiger partial charge in [0.25, 0.3) is 0 Å². The maximum absolute atomic E-state index is 4.45. The van der Waals surface area contributed by atoms with Crippen LogP contribution in [0.15, 0.2) is 66.0 Å². The highest BCUT2D eigenvalue weighted by atomic mass is 15.3. The van der Waals surface area contributed by atoms with Crippen molar-refractivity contribution in [3.05, 3.63) is 72.3 Å². The number of nitrogens with zero attached hydrogens (tertiary/aromatic N) is 5. The molecule has 0 bridgehead atoms. The fourth-order valence-corrected chi connectivity index (χ4v) is 2.75. The number of hydrogen-bond donors (Lipinski definition) is 1. The number of nitrogens with one attached hydrogen (secondary N) is 1. The van der Waals surface area contributed by atoms with Crippen LogP contribution in [-0.4, -0.2) is 39.3 Å². The Morgan fingerprint density at radius 2 is 2.00 bits per heavy atom. The van der Waals surface area contributed by atoms with Crippen molar-refractivity contribution in [3.8, 4) is 5.69 Å². The average Bonchev–Trinajstić information content (AvgIpc) is 3.25. The van der Waals surface area contributed by atoms with Gasteiger partial charge in [-0.2, -0.15) is 5.10 Å². The van der Waals surface area contributed by atoms with Crippen LogP contribution in [0.3, 0.4) is 0 Å². The molecule has 1 N–H and O–H groups in total. The first kappa shape index (κ1) is 16.8. The van der Waals surface area contributed by atoms with Gasteiger partial charge in [-0.25, -0.2) is 4.68 Å². The molecule has 0 aliphatic carbocycles. The van der Waals surface area contributed by atoms with E-state index in [-0.39, 0.29) is 0 Å². The second-order valence-electron chi connectivity index (χ2n) is 6.00. The zero-order chi connectivity index (χ0) is 17.6. The highest BCUT2D eigenvalue weighted by Gasteiger charge is 2.09. The van der Waals surface area contributed by atoms with Gasteiger partial charge in [0.2, 0.25) is 0 Å². The molecule has 0 atom stereocenters. The predicted molar refractivity (Wildman–Crippen MR) is 101 cm³/mol. The van der Waals surface area contributed by atoms with E-state index in [0.717, 1.165) is 30.3 Å². The second kappa shape index (κ2) is 7.70. The molecule has 1 aromatic carbocycles. The van der Waals surface area contributed by atoms with Crippen molar-refractivity contribution in [1.29, 1.82) is 0 Å². The molecule has 6 nitrogen and oxygen atoms in total. The van der Waals surface area contributed by atoms with Crippen LogP contribution in [0.2, 0.25) is 0 Å². The number of aryl methyl sites for hydroxylation is 1. The van der Waals surface area contributed by atoms with Crippen LogP contribution in [0, 0.1) is 0 Å². The zero-order valence-electron chi connectivity index (χ0n) is 14.9. The number of para-hydroxylation sites is 1. The van der Waals surface area contributed by atoms with E-state index < -0.39 is 0 Å². The number of rotatable bonds is 5. The largest absolute Gasteiger partial charge is 0.353 e. The van der Waals surface area contributed by atoms with Gasteiger partial charge >= 0.3 is 0 Å². The quantitative estimate of drug-likeness (QED) is 0.575. The van der Waals surface area contributed by atoms with Crippen molar-refractivity contribution < 1.29 is 0 Å². The lowest BCUT2D eigenvalue weighted by Crippen LogP contribution is -2.38. The Bertz CT molecular complexity index is 830. The van der Waals surface area contributed by atoms with E-state index in [1.54, 1.807) is 7.05 Å². The Hall–Kier alpha value is -3.02. The molecule has 0 aliphatic rings. The summed E-state index contributed by atoms with van der Waals surface area (Å²) in [5.41, 5.74) is 3.40. The summed E-state index contributed by atoms with van der Waals surface area (Å²) in [7, 11) is 5.87. The Morgan fingerprint density at radius 1 is 1.20 bits per heavy atom. The third-order valence-corrected chi connectivity index (χ3v) is 4.13. The smallest absolute Gasteiger partial charge is 0.194 e. The summed E-state index contributed by atoms with van der Waals surface area (Å²) in [6, 6.07) is 14.3. The third kappa shape index (κ3) is 4.09. The zero-order valence-corrected chi connectivity index (χ0v) is 14.9. The maximum atomic E-state index is 4.45. The molecule has 6 heteroatoms. The molecule has 130 valence electrons. The molecule has 0 unspecified atom stereocenters. The van der Waals surface area contributed by atoms with E-state index in [2.05, 4.69) is 37.1 Å². The van der Waals surface area contributed by atoms with Crippen LogP contribution in [0.5, 0.6) is 0 Å². The SMILES string of the molecule is CN=C(NCc1cccn1C)N(C)Cc1cnn(-c2ccccc2)c1. The number of aliphatic imine (C=N–C) groups is 1. The summed E-state index contributed by atoms with van der Waals surface area (Å²) in [4.78, 5) is 6.47. The first-order chi connectivity index (χ1) is 12.2. The molecule has 25 heavy (non-hydrogen) atoms. The number of benzene rings is 1. The van der Waals surface area contributed by atoms with Gasteiger partial charge in [0, 0.05) is 51.3 Å². The van der Waals surface area contributed by atoms with Gasteiger partial charge in [0.15, 0.2) is 5.96 Å². The second-order valence-corrected chi connectivity index (χ2v) is 6.00. The topological polar surface area (TPSA) is 50.4 Å². The van der Waals surface area contributed by atoms with Crippen molar-refractivity contribution in [3.63, 3.8) is 0 Å². The fourth-order valence-electron chi connectivity index (χ4n) is 2.75. The van der Waals surface area contributed by atoms with E-state index in [1.165, 1.54) is 5.69 Å². The lowest BCUT2D eigenvalue weighted by atomic mass is 10.3. The molecular weight excluding hydrogens is 312 g/mol. The van der Waals surface area contributed by atoms with Crippen LogP contribution in [-0.2, 0) is 20.1 Å². The molecule has 0 saturated carbocycles. The molecule has 0 radical (unpaired) electrons. The molecule has 0 aliphatic heterocycles. The summed E-state index contributed by atoms with van der Waals surface area (Å²) in [5, 5.41) is 7.85. The average molecular weight is 336 g/mol. The molecule has 0 spiro atoms. The monoisotopic (exact) mass is 336 g/mol. The minimum atomic E-state index is 0.736. The highest BCUT2D eigenvalue weighted by molar-refractivity contribution is 5.79.